The Morgan fingerprint density at radius 2 is 1.29 bits per heavy atom. The van der Waals surface area contributed by atoms with E-state index in [-0.39, 0.29) is 0 Å². The van der Waals surface area contributed by atoms with Gasteiger partial charge in [0.25, 0.3) is 0 Å². The van der Waals surface area contributed by atoms with Gasteiger partial charge in [-0.2, -0.15) is 0 Å². The molecule has 0 fully saturated rings. The summed E-state index contributed by atoms with van der Waals surface area (Å²) >= 11 is 1.77. The minimum absolute atomic E-state index is 0.621. The number of rotatable bonds is 3. The number of benzene rings is 7. The largest absolute Gasteiger partial charge is 0.457 e. The number of hydrogen-bond acceptors (Lipinski definition) is 5. The number of hydrogen-bond donors (Lipinski definition) is 0. The molecule has 0 saturated heterocycles. The summed E-state index contributed by atoms with van der Waals surface area (Å²) in [6, 6.07) is 54.4. The number of pyridine rings is 1. The molecule has 1 unspecified atom stereocenters. The normalized spacial score (nSPS) is 17.1. The number of para-hydroxylation sites is 2. The van der Waals surface area contributed by atoms with Crippen molar-refractivity contribution in [2.45, 2.75) is 25.7 Å². The van der Waals surface area contributed by atoms with Crippen LogP contribution in [0.3, 0.4) is 0 Å². The van der Waals surface area contributed by atoms with E-state index in [1.54, 1.807) is 11.3 Å². The smallest absolute Gasteiger partial charge is 0.180 e. The van der Waals surface area contributed by atoms with Gasteiger partial charge in [0.15, 0.2) is 5.82 Å². The summed E-state index contributed by atoms with van der Waals surface area (Å²) in [5.41, 5.74) is 11.2. The lowest BCUT2D eigenvalue weighted by Crippen LogP contribution is -2.35. The Hall–Kier alpha value is -6.95. The number of ether oxygens (including phenoxy) is 1. The van der Waals surface area contributed by atoms with Gasteiger partial charge >= 0.3 is 0 Å². The molecule has 0 amide bonds. The molecule has 5 heteroatoms. The second-order valence-corrected chi connectivity index (χ2v) is 16.2. The van der Waals surface area contributed by atoms with E-state index in [1.807, 2.05) is 0 Å². The van der Waals surface area contributed by atoms with Crippen molar-refractivity contribution in [3.8, 4) is 39.7 Å². The first-order chi connectivity index (χ1) is 28.7. The summed E-state index contributed by atoms with van der Waals surface area (Å²) in [5.74, 6) is 2.41. The zero-order valence-electron chi connectivity index (χ0n) is 32.0. The lowest BCUT2D eigenvalue weighted by molar-refractivity contribution is 0.387. The van der Waals surface area contributed by atoms with Crippen LogP contribution in [0, 0.1) is 0 Å². The van der Waals surface area contributed by atoms with Crippen LogP contribution >= 0.6 is 11.3 Å². The Balaban J connectivity index is 1.25. The highest BCUT2D eigenvalue weighted by atomic mass is 32.1. The summed E-state index contributed by atoms with van der Waals surface area (Å²) in [6.45, 7) is 4.33. The van der Waals surface area contributed by atoms with Gasteiger partial charge in [-0.25, -0.2) is 15.0 Å². The number of thiophene rings is 1. The van der Waals surface area contributed by atoms with E-state index in [4.69, 9.17) is 19.7 Å². The highest BCUT2D eigenvalue weighted by molar-refractivity contribution is 7.26. The van der Waals surface area contributed by atoms with Crippen molar-refractivity contribution in [2.24, 2.45) is 0 Å². The van der Waals surface area contributed by atoms with Gasteiger partial charge < -0.3 is 4.74 Å². The molecule has 58 heavy (non-hydrogen) atoms. The molecule has 10 aromatic rings. The Kier molecular flexibility index (Phi) is 7.17. The van der Waals surface area contributed by atoms with Crippen LogP contribution in [0.2, 0.25) is 0 Å². The van der Waals surface area contributed by atoms with Crippen LogP contribution in [0.15, 0.2) is 175 Å². The van der Waals surface area contributed by atoms with Crippen molar-refractivity contribution in [2.75, 3.05) is 0 Å². The van der Waals surface area contributed by atoms with Crippen molar-refractivity contribution in [1.29, 1.82) is 0 Å². The van der Waals surface area contributed by atoms with E-state index in [0.717, 1.165) is 83.3 Å². The minimum Gasteiger partial charge on any atom is -0.457 e. The first-order valence-electron chi connectivity index (χ1n) is 20.0. The molecule has 0 saturated carbocycles. The summed E-state index contributed by atoms with van der Waals surface area (Å²) in [5, 5.41) is 6.83. The van der Waals surface area contributed by atoms with E-state index < -0.39 is 5.41 Å². The molecule has 1 aliphatic carbocycles. The molecule has 2 aliphatic rings. The zero-order valence-corrected chi connectivity index (χ0v) is 32.8. The fourth-order valence-electron chi connectivity index (χ4n) is 9.93. The molecule has 4 nitrogen and oxygen atoms in total. The minimum atomic E-state index is -0.624. The van der Waals surface area contributed by atoms with Crippen LogP contribution in [0.25, 0.3) is 86.7 Å². The molecule has 0 N–H and O–H groups in total. The number of aromatic nitrogens is 3. The molecule has 7 aromatic carbocycles. The topological polar surface area (TPSA) is 47.9 Å². The van der Waals surface area contributed by atoms with E-state index >= 15 is 0 Å². The van der Waals surface area contributed by atoms with Crippen molar-refractivity contribution in [1.82, 2.24) is 15.0 Å². The molecular formula is C53H35N3OS. The predicted molar refractivity (Wildman–Crippen MR) is 241 cm³/mol. The SMILES string of the molecule is C/C=C1\C(=C/CC)Oc2ccccc2C12c1cccc(-c3nc(-c4nc5ccccc5c5ccccc45)nc4c3sc3ccccc34)c1-c1c2ccc2ccccc12. The highest BCUT2D eigenvalue weighted by Crippen LogP contribution is 2.64. The molecular weight excluding hydrogens is 727 g/mol. The molecule has 0 radical (unpaired) electrons. The van der Waals surface area contributed by atoms with Gasteiger partial charge in [-0.15, -0.1) is 11.3 Å². The summed E-state index contributed by atoms with van der Waals surface area (Å²) in [6.07, 6.45) is 5.35. The Bertz CT molecular complexity index is 3450. The average molecular weight is 762 g/mol. The molecule has 1 atom stereocenters. The second-order valence-electron chi connectivity index (χ2n) is 15.2. The monoisotopic (exact) mass is 761 g/mol. The molecule has 1 spiro atoms. The quantitative estimate of drug-likeness (QED) is 0.168. The van der Waals surface area contributed by atoms with Crippen LogP contribution in [-0.4, -0.2) is 15.0 Å². The first-order valence-corrected chi connectivity index (χ1v) is 20.8. The van der Waals surface area contributed by atoms with Gasteiger partial charge in [0, 0.05) is 37.6 Å². The zero-order chi connectivity index (χ0) is 38.5. The molecule has 3 aromatic heterocycles. The number of allylic oxidation sites excluding steroid dienone is 3. The third-order valence-electron chi connectivity index (χ3n) is 12.2. The lowest BCUT2D eigenvalue weighted by Gasteiger charge is -2.41. The average Bonchev–Trinajstić information content (AvgIpc) is 3.80. The van der Waals surface area contributed by atoms with Crippen LogP contribution < -0.4 is 4.74 Å². The van der Waals surface area contributed by atoms with Crippen LogP contribution in [0.1, 0.15) is 37.0 Å². The first kappa shape index (κ1) is 33.2. The van der Waals surface area contributed by atoms with Gasteiger partial charge in [0.1, 0.15) is 17.2 Å². The van der Waals surface area contributed by atoms with Gasteiger partial charge in [-0.1, -0.05) is 146 Å². The Morgan fingerprint density at radius 1 is 0.586 bits per heavy atom. The maximum atomic E-state index is 6.78. The molecule has 12 rings (SSSR count). The molecule has 1 aliphatic heterocycles. The third-order valence-corrected chi connectivity index (χ3v) is 13.4. The van der Waals surface area contributed by atoms with E-state index in [0.29, 0.717) is 5.82 Å². The fourth-order valence-corrected chi connectivity index (χ4v) is 11.1. The third kappa shape index (κ3) is 4.42. The van der Waals surface area contributed by atoms with Crippen molar-refractivity contribution >= 4 is 64.1 Å². The number of nitrogens with zero attached hydrogens (tertiary/aromatic N) is 3. The van der Waals surface area contributed by atoms with Crippen LogP contribution in [0.4, 0.5) is 0 Å². The fraction of sp³-hybridized carbons (Fsp3) is 0.0755. The molecule has 0 bridgehead atoms. The summed E-state index contributed by atoms with van der Waals surface area (Å²) < 4.78 is 9.03. The van der Waals surface area contributed by atoms with Crippen molar-refractivity contribution in [3.05, 3.63) is 192 Å². The molecule has 4 heterocycles. The van der Waals surface area contributed by atoms with E-state index in [9.17, 15) is 0 Å². The maximum absolute atomic E-state index is 6.78. The van der Waals surface area contributed by atoms with Gasteiger partial charge in [0.05, 0.1) is 26.8 Å². The molecule has 274 valence electrons. The predicted octanol–water partition coefficient (Wildman–Crippen LogP) is 14.0. The Labute approximate surface area is 339 Å². The van der Waals surface area contributed by atoms with Crippen molar-refractivity contribution < 1.29 is 4.74 Å². The van der Waals surface area contributed by atoms with Crippen LogP contribution in [0.5, 0.6) is 5.75 Å². The second kappa shape index (κ2) is 12.5. The Morgan fingerprint density at radius 3 is 2.16 bits per heavy atom. The van der Waals surface area contributed by atoms with Gasteiger partial charge in [-0.3, -0.25) is 0 Å². The van der Waals surface area contributed by atoms with Crippen LogP contribution in [-0.2, 0) is 5.41 Å². The maximum Gasteiger partial charge on any atom is 0.180 e. The van der Waals surface area contributed by atoms with E-state index in [1.165, 1.54) is 37.7 Å². The lowest BCUT2D eigenvalue weighted by atomic mass is 9.65. The van der Waals surface area contributed by atoms with Gasteiger partial charge in [0.2, 0.25) is 0 Å². The van der Waals surface area contributed by atoms with Crippen molar-refractivity contribution in [3.63, 3.8) is 0 Å². The standard InChI is InChI=1S/C53H35N3OS/c1-3-16-43-38(4-2)53(39-24-11-13-27-44(39)57-43)40-25-15-23-37(47(40)46-32-18-6-5-17-31(32)29-30-41(46)53)49-51-48(36-22-10-14-28-45(36)58-51)55-52(56-49)50-35-21-8-7-19-33(35)34-20-9-12-26-42(34)54-50/h4-30H,3H2,1-2H3/b38-4+,43-16+. The number of fused-ring (bicyclic) bond motifs is 15. The van der Waals surface area contributed by atoms with Gasteiger partial charge in [-0.05, 0) is 76.0 Å². The highest BCUT2D eigenvalue weighted by Gasteiger charge is 2.53. The summed E-state index contributed by atoms with van der Waals surface area (Å²) in [4.78, 5) is 16.4. The van der Waals surface area contributed by atoms with E-state index in [2.05, 4.69) is 178 Å². The summed E-state index contributed by atoms with van der Waals surface area (Å²) in [7, 11) is 0.